The summed E-state index contributed by atoms with van der Waals surface area (Å²) in [6.45, 7) is 12.7. The summed E-state index contributed by atoms with van der Waals surface area (Å²) in [5, 5.41) is 7.00. The molecular formula is C24H36N2O2. The third-order valence-electron chi connectivity index (χ3n) is 5.36. The number of rotatable bonds is 0. The lowest BCUT2D eigenvalue weighted by Gasteiger charge is -2.51. The second kappa shape index (κ2) is 9.65. The lowest BCUT2D eigenvalue weighted by atomic mass is 9.72. The monoisotopic (exact) mass is 384 g/mol. The second-order valence-electron chi connectivity index (χ2n) is 7.20. The number of nitrogens with two attached hydrogens (primary N) is 1. The van der Waals surface area contributed by atoms with Crippen LogP contribution in [-0.4, -0.2) is 29.9 Å². The Morgan fingerprint density at radius 1 is 1.04 bits per heavy atom. The first-order chi connectivity index (χ1) is 13.3. The number of allylic oxidation sites excluding steroid dienone is 4. The highest BCUT2D eigenvalue weighted by atomic mass is 16.5. The number of benzene rings is 1. The summed E-state index contributed by atoms with van der Waals surface area (Å²) in [5.74, 6) is 0.903. The van der Waals surface area contributed by atoms with E-state index in [1.54, 1.807) is 0 Å². The van der Waals surface area contributed by atoms with Crippen LogP contribution < -0.4 is 10.5 Å². The van der Waals surface area contributed by atoms with Crippen LogP contribution in [0.4, 0.5) is 5.69 Å². The molecule has 4 nitrogen and oxygen atoms in total. The number of nitrogens with zero attached hydrogens (tertiary/aromatic N) is 1. The molecule has 0 saturated carbocycles. The average Bonchev–Trinajstić information content (AvgIpc) is 2.72. The largest absolute Gasteiger partial charge is 0.463 e. The van der Waals surface area contributed by atoms with Gasteiger partial charge in [0, 0.05) is 37.0 Å². The fourth-order valence-corrected chi connectivity index (χ4v) is 3.50. The van der Waals surface area contributed by atoms with E-state index in [2.05, 4.69) is 63.2 Å². The molecule has 2 aliphatic heterocycles. The predicted octanol–water partition coefficient (Wildman–Crippen LogP) is 5.30. The fourth-order valence-electron chi connectivity index (χ4n) is 3.50. The van der Waals surface area contributed by atoms with Crippen molar-refractivity contribution in [3.05, 3.63) is 65.4 Å². The minimum absolute atomic E-state index is 0.233. The molecule has 1 atom stereocenters. The van der Waals surface area contributed by atoms with Crippen molar-refractivity contribution in [3.63, 3.8) is 0 Å². The first kappa shape index (κ1) is 23.6. The van der Waals surface area contributed by atoms with Crippen molar-refractivity contribution in [2.24, 2.45) is 5.41 Å². The van der Waals surface area contributed by atoms with E-state index in [1.807, 2.05) is 45.1 Å². The van der Waals surface area contributed by atoms with Crippen molar-refractivity contribution in [2.45, 2.75) is 47.3 Å². The molecular weight excluding hydrogens is 348 g/mol. The molecule has 0 bridgehead atoms. The molecule has 1 aromatic rings. The minimum Gasteiger partial charge on any atom is -0.463 e. The van der Waals surface area contributed by atoms with Crippen molar-refractivity contribution >= 4 is 11.8 Å². The molecule has 0 fully saturated rings. The van der Waals surface area contributed by atoms with E-state index in [9.17, 15) is 0 Å². The molecule has 1 aromatic carbocycles. The summed E-state index contributed by atoms with van der Waals surface area (Å²) in [6.07, 6.45) is 14.7. The standard InChI is InChI=1S/C21H26N2O.C2H6.CH4O/c1-15-13-18(22)14-17-10-11-21(24-19(15)17)20(3,4)16(2)9-7-6-8-12-23(21)5;2*1-2/h6-14H,22H2,1-5H3;1-2H3;2H,1H3/b7-6-,12-8+,16-9+;;. The molecule has 1 spiro atoms. The first-order valence-electron chi connectivity index (χ1n) is 9.76. The molecule has 2 heterocycles. The molecule has 0 aliphatic carbocycles. The highest BCUT2D eigenvalue weighted by Gasteiger charge is 2.51. The van der Waals surface area contributed by atoms with Gasteiger partial charge in [0.25, 0.3) is 0 Å². The number of likely N-dealkylation sites (N-methyl/N-ethyl adjacent to an activating group) is 1. The summed E-state index contributed by atoms with van der Waals surface area (Å²) < 4.78 is 6.70. The maximum Gasteiger partial charge on any atom is 0.211 e. The summed E-state index contributed by atoms with van der Waals surface area (Å²) >= 11 is 0. The lowest BCUT2D eigenvalue weighted by molar-refractivity contribution is -0.0790. The van der Waals surface area contributed by atoms with Crippen molar-refractivity contribution in [2.75, 3.05) is 19.9 Å². The van der Waals surface area contributed by atoms with Crippen LogP contribution in [-0.2, 0) is 0 Å². The number of anilines is 1. The Kier molecular flexibility index (Phi) is 8.13. The van der Waals surface area contributed by atoms with Crippen LogP contribution in [0.3, 0.4) is 0 Å². The van der Waals surface area contributed by atoms with Crippen LogP contribution in [0.1, 0.15) is 45.7 Å². The van der Waals surface area contributed by atoms with Crippen LogP contribution in [0.25, 0.3) is 6.08 Å². The van der Waals surface area contributed by atoms with Gasteiger partial charge in [-0.25, -0.2) is 0 Å². The van der Waals surface area contributed by atoms with Crippen LogP contribution in [0.15, 0.2) is 54.3 Å². The number of aliphatic hydroxyl groups excluding tert-OH is 1. The van der Waals surface area contributed by atoms with Gasteiger partial charge in [-0.15, -0.1) is 0 Å². The van der Waals surface area contributed by atoms with Gasteiger partial charge >= 0.3 is 0 Å². The van der Waals surface area contributed by atoms with Crippen molar-refractivity contribution in [1.29, 1.82) is 0 Å². The van der Waals surface area contributed by atoms with E-state index < -0.39 is 5.72 Å². The third kappa shape index (κ3) is 4.17. The van der Waals surface area contributed by atoms with E-state index in [0.29, 0.717) is 0 Å². The minimum atomic E-state index is -0.607. The molecule has 0 amide bonds. The van der Waals surface area contributed by atoms with E-state index in [4.69, 9.17) is 15.6 Å². The smallest absolute Gasteiger partial charge is 0.211 e. The van der Waals surface area contributed by atoms with E-state index >= 15 is 0 Å². The summed E-state index contributed by atoms with van der Waals surface area (Å²) in [4.78, 5) is 2.15. The van der Waals surface area contributed by atoms with Gasteiger partial charge in [-0.1, -0.05) is 37.6 Å². The molecule has 2 aliphatic rings. The van der Waals surface area contributed by atoms with Crippen LogP contribution >= 0.6 is 0 Å². The Morgan fingerprint density at radius 2 is 1.68 bits per heavy atom. The second-order valence-corrected chi connectivity index (χ2v) is 7.20. The van der Waals surface area contributed by atoms with Crippen molar-refractivity contribution in [3.8, 4) is 5.75 Å². The first-order valence-corrected chi connectivity index (χ1v) is 9.76. The molecule has 3 rings (SSSR count). The van der Waals surface area contributed by atoms with Crippen molar-refractivity contribution in [1.82, 2.24) is 4.90 Å². The predicted molar refractivity (Wildman–Crippen MR) is 121 cm³/mol. The lowest BCUT2D eigenvalue weighted by Crippen LogP contribution is -2.59. The molecule has 154 valence electrons. The molecule has 0 saturated heterocycles. The van der Waals surface area contributed by atoms with Gasteiger partial charge < -0.3 is 20.5 Å². The maximum absolute atomic E-state index is 7.00. The van der Waals surface area contributed by atoms with Gasteiger partial charge in [-0.3, -0.25) is 0 Å². The van der Waals surface area contributed by atoms with Crippen LogP contribution in [0.5, 0.6) is 5.75 Å². The zero-order chi connectivity index (χ0) is 21.5. The van der Waals surface area contributed by atoms with E-state index in [-0.39, 0.29) is 5.41 Å². The highest BCUT2D eigenvalue weighted by Crippen LogP contribution is 2.48. The van der Waals surface area contributed by atoms with Gasteiger partial charge in [-0.2, -0.15) is 0 Å². The fraction of sp³-hybridized carbons (Fsp3) is 0.417. The van der Waals surface area contributed by atoms with Crippen molar-refractivity contribution < 1.29 is 9.84 Å². The molecule has 3 N–H and O–H groups in total. The van der Waals surface area contributed by atoms with Crippen LogP contribution in [0, 0.1) is 12.3 Å². The quantitative estimate of drug-likeness (QED) is 0.596. The van der Waals surface area contributed by atoms with Gasteiger partial charge in [0.05, 0.1) is 0 Å². The van der Waals surface area contributed by atoms with Gasteiger partial charge in [-0.05, 0) is 63.6 Å². The average molecular weight is 385 g/mol. The summed E-state index contributed by atoms with van der Waals surface area (Å²) in [6, 6.07) is 3.93. The molecule has 4 heteroatoms. The Balaban J connectivity index is 0.000000921. The number of hydrogen-bond acceptors (Lipinski definition) is 4. The number of fused-ring (bicyclic) bond motifs is 1. The highest BCUT2D eigenvalue weighted by molar-refractivity contribution is 5.68. The van der Waals surface area contributed by atoms with E-state index in [0.717, 1.165) is 29.7 Å². The molecule has 28 heavy (non-hydrogen) atoms. The molecule has 0 aromatic heterocycles. The number of aliphatic hydroxyl groups is 1. The topological polar surface area (TPSA) is 58.7 Å². The summed E-state index contributed by atoms with van der Waals surface area (Å²) in [5.41, 5.74) is 9.26. The van der Waals surface area contributed by atoms with Gasteiger partial charge in [0.15, 0.2) is 0 Å². The number of aryl methyl sites for hydroxylation is 1. The number of hydrogen-bond donors (Lipinski definition) is 2. The Morgan fingerprint density at radius 3 is 2.32 bits per heavy atom. The maximum atomic E-state index is 7.00. The summed E-state index contributed by atoms with van der Waals surface area (Å²) in [7, 11) is 3.06. The van der Waals surface area contributed by atoms with Gasteiger partial charge in [0.2, 0.25) is 5.72 Å². The zero-order valence-electron chi connectivity index (χ0n) is 18.6. The number of nitrogen functional groups attached to an aromatic ring is 1. The van der Waals surface area contributed by atoms with E-state index in [1.165, 1.54) is 5.57 Å². The third-order valence-corrected chi connectivity index (χ3v) is 5.36. The molecule has 1 unspecified atom stereocenters. The Labute approximate surface area is 170 Å². The normalized spacial score (nSPS) is 25.8. The SMILES string of the molecule is CC.CO.C\C1=C/C=C\C=C\N(C)C2(C=Cc3cc(N)cc(C)c3O2)C1(C)C. The van der Waals surface area contributed by atoms with Gasteiger partial charge in [0.1, 0.15) is 5.75 Å². The molecule has 0 radical (unpaired) electrons. The Bertz CT molecular complexity index is 788. The number of ether oxygens (including phenoxy) is 1. The zero-order valence-corrected chi connectivity index (χ0v) is 18.6. The van der Waals surface area contributed by atoms with Crippen LogP contribution in [0.2, 0.25) is 0 Å². The Hall–Kier alpha value is -2.46.